The van der Waals surface area contributed by atoms with Gasteiger partial charge in [0.15, 0.2) is 5.82 Å². The summed E-state index contributed by atoms with van der Waals surface area (Å²) >= 11 is 0. The normalized spacial score (nSPS) is 12.7. The molecule has 108 valence electrons. The van der Waals surface area contributed by atoms with Crippen molar-refractivity contribution in [1.29, 1.82) is 0 Å². The molecule has 0 saturated heterocycles. The molecule has 4 heteroatoms. The molecule has 0 aliphatic carbocycles. The summed E-state index contributed by atoms with van der Waals surface area (Å²) in [4.78, 5) is 9.30. The van der Waals surface area contributed by atoms with Crippen LogP contribution in [-0.2, 0) is 11.3 Å². The Morgan fingerprint density at radius 3 is 2.21 bits per heavy atom. The number of hydrogen-bond donors (Lipinski definition) is 1. The van der Waals surface area contributed by atoms with Gasteiger partial charge in [-0.25, -0.2) is 9.97 Å². The van der Waals surface area contributed by atoms with E-state index < -0.39 is 0 Å². The lowest BCUT2D eigenvalue weighted by Gasteiger charge is -2.18. The van der Waals surface area contributed by atoms with Gasteiger partial charge in [0.2, 0.25) is 0 Å². The van der Waals surface area contributed by atoms with E-state index in [2.05, 4.69) is 43.0 Å². The minimum absolute atomic E-state index is 0.0283. The summed E-state index contributed by atoms with van der Waals surface area (Å²) in [6.45, 7) is 12.9. The molecule has 0 aliphatic rings. The van der Waals surface area contributed by atoms with E-state index in [1.54, 1.807) is 0 Å². The molecule has 1 aromatic heterocycles. The standard InChI is InChI=1S/C15H27N3O/c1-6-9-14(19-8-3)15-17-11(4)13(10-16-7-2)12(5)18-15/h14,16H,6-10H2,1-5H3. The third-order valence-electron chi connectivity index (χ3n) is 3.20. The van der Waals surface area contributed by atoms with Crippen LogP contribution >= 0.6 is 0 Å². The molecule has 0 saturated carbocycles. The Hall–Kier alpha value is -1.00. The highest BCUT2D eigenvalue weighted by molar-refractivity contribution is 5.24. The quantitative estimate of drug-likeness (QED) is 0.784. The number of nitrogens with one attached hydrogen (secondary N) is 1. The maximum Gasteiger partial charge on any atom is 0.157 e. The molecule has 0 spiro atoms. The van der Waals surface area contributed by atoms with Gasteiger partial charge in [0.05, 0.1) is 0 Å². The Morgan fingerprint density at radius 1 is 1.11 bits per heavy atom. The Morgan fingerprint density at radius 2 is 1.74 bits per heavy atom. The molecule has 1 atom stereocenters. The van der Waals surface area contributed by atoms with Crippen LogP contribution in [0.25, 0.3) is 0 Å². The highest BCUT2D eigenvalue weighted by atomic mass is 16.5. The topological polar surface area (TPSA) is 47.0 Å². The first-order valence-corrected chi connectivity index (χ1v) is 7.30. The first-order chi connectivity index (χ1) is 9.13. The zero-order valence-corrected chi connectivity index (χ0v) is 12.9. The van der Waals surface area contributed by atoms with E-state index in [4.69, 9.17) is 4.74 Å². The van der Waals surface area contributed by atoms with E-state index in [-0.39, 0.29) is 6.10 Å². The van der Waals surface area contributed by atoms with Crippen molar-refractivity contribution < 1.29 is 4.74 Å². The van der Waals surface area contributed by atoms with Crippen LogP contribution in [0.1, 0.15) is 62.5 Å². The number of nitrogens with zero attached hydrogens (tertiary/aromatic N) is 2. The van der Waals surface area contributed by atoms with Crippen LogP contribution in [0.15, 0.2) is 0 Å². The third kappa shape index (κ3) is 4.55. The lowest BCUT2D eigenvalue weighted by atomic mass is 10.1. The maximum absolute atomic E-state index is 5.76. The first-order valence-electron chi connectivity index (χ1n) is 7.30. The largest absolute Gasteiger partial charge is 0.371 e. The zero-order chi connectivity index (χ0) is 14.3. The van der Waals surface area contributed by atoms with Crippen molar-refractivity contribution in [2.45, 2.75) is 60.1 Å². The number of aryl methyl sites for hydroxylation is 2. The fraction of sp³-hybridized carbons (Fsp3) is 0.733. The second-order valence-electron chi connectivity index (χ2n) is 4.74. The van der Waals surface area contributed by atoms with Crippen molar-refractivity contribution >= 4 is 0 Å². The summed E-state index contributed by atoms with van der Waals surface area (Å²) in [6, 6.07) is 0. The van der Waals surface area contributed by atoms with Gasteiger partial charge in [-0.2, -0.15) is 0 Å². The monoisotopic (exact) mass is 265 g/mol. The van der Waals surface area contributed by atoms with Gasteiger partial charge < -0.3 is 10.1 Å². The predicted octanol–water partition coefficient (Wildman–Crippen LogP) is 3.08. The van der Waals surface area contributed by atoms with E-state index in [1.807, 2.05) is 6.92 Å². The molecule has 0 aliphatic heterocycles. The predicted molar refractivity (Wildman–Crippen MR) is 78.2 cm³/mol. The Bertz CT molecular complexity index is 364. The molecule has 0 bridgehead atoms. The van der Waals surface area contributed by atoms with E-state index in [0.717, 1.165) is 43.1 Å². The second-order valence-corrected chi connectivity index (χ2v) is 4.74. The molecule has 19 heavy (non-hydrogen) atoms. The van der Waals surface area contributed by atoms with Crippen LogP contribution in [-0.4, -0.2) is 23.1 Å². The average Bonchev–Trinajstić information content (AvgIpc) is 2.37. The van der Waals surface area contributed by atoms with Gasteiger partial charge in [0, 0.05) is 30.1 Å². The lowest BCUT2D eigenvalue weighted by Crippen LogP contribution is -2.18. The van der Waals surface area contributed by atoms with Gasteiger partial charge >= 0.3 is 0 Å². The third-order valence-corrected chi connectivity index (χ3v) is 3.20. The average molecular weight is 265 g/mol. The summed E-state index contributed by atoms with van der Waals surface area (Å²) in [5, 5.41) is 3.33. The Kier molecular flexibility index (Phi) is 6.95. The molecule has 0 radical (unpaired) electrons. The fourth-order valence-electron chi connectivity index (χ4n) is 2.17. The highest BCUT2D eigenvalue weighted by Crippen LogP contribution is 2.21. The molecule has 1 heterocycles. The van der Waals surface area contributed by atoms with Gasteiger partial charge in [-0.05, 0) is 33.7 Å². The first kappa shape index (κ1) is 16.1. The highest BCUT2D eigenvalue weighted by Gasteiger charge is 2.16. The summed E-state index contributed by atoms with van der Waals surface area (Å²) in [5.74, 6) is 0.832. The van der Waals surface area contributed by atoms with Crippen molar-refractivity contribution in [1.82, 2.24) is 15.3 Å². The molecule has 1 aromatic rings. The Balaban J connectivity index is 2.97. The summed E-state index contributed by atoms with van der Waals surface area (Å²) in [6.07, 6.45) is 2.07. The second kappa shape index (κ2) is 8.23. The minimum atomic E-state index is 0.0283. The molecule has 1 unspecified atom stereocenters. The van der Waals surface area contributed by atoms with E-state index >= 15 is 0 Å². The van der Waals surface area contributed by atoms with Crippen LogP contribution in [0.2, 0.25) is 0 Å². The lowest BCUT2D eigenvalue weighted by molar-refractivity contribution is 0.0491. The van der Waals surface area contributed by atoms with Crippen molar-refractivity contribution in [3.8, 4) is 0 Å². The van der Waals surface area contributed by atoms with Crippen LogP contribution in [0.4, 0.5) is 0 Å². The maximum atomic E-state index is 5.76. The van der Waals surface area contributed by atoms with Crippen molar-refractivity contribution in [2.75, 3.05) is 13.2 Å². The summed E-state index contributed by atoms with van der Waals surface area (Å²) < 4.78 is 5.76. The number of hydrogen-bond acceptors (Lipinski definition) is 4. The summed E-state index contributed by atoms with van der Waals surface area (Å²) in [7, 11) is 0. The van der Waals surface area contributed by atoms with E-state index in [0.29, 0.717) is 6.61 Å². The molecular weight excluding hydrogens is 238 g/mol. The molecule has 1 N–H and O–H groups in total. The fourth-order valence-corrected chi connectivity index (χ4v) is 2.17. The van der Waals surface area contributed by atoms with E-state index in [9.17, 15) is 0 Å². The van der Waals surface area contributed by atoms with E-state index in [1.165, 1.54) is 5.56 Å². The van der Waals surface area contributed by atoms with Crippen LogP contribution < -0.4 is 5.32 Å². The van der Waals surface area contributed by atoms with Crippen LogP contribution in [0.3, 0.4) is 0 Å². The zero-order valence-electron chi connectivity index (χ0n) is 12.9. The smallest absolute Gasteiger partial charge is 0.157 e. The summed E-state index contributed by atoms with van der Waals surface area (Å²) in [5.41, 5.74) is 3.32. The van der Waals surface area contributed by atoms with Crippen molar-refractivity contribution in [3.05, 3.63) is 22.8 Å². The van der Waals surface area contributed by atoms with Gasteiger partial charge in [-0.1, -0.05) is 20.3 Å². The SMILES string of the molecule is CCCC(OCC)c1nc(C)c(CNCC)c(C)n1. The van der Waals surface area contributed by atoms with Gasteiger partial charge in [-0.15, -0.1) is 0 Å². The van der Waals surface area contributed by atoms with Gasteiger partial charge in [-0.3, -0.25) is 0 Å². The van der Waals surface area contributed by atoms with Gasteiger partial charge in [0.25, 0.3) is 0 Å². The molecule has 0 aromatic carbocycles. The molecular formula is C15H27N3O. The molecule has 0 fully saturated rings. The number of aromatic nitrogens is 2. The Labute approximate surface area is 117 Å². The van der Waals surface area contributed by atoms with Gasteiger partial charge in [0.1, 0.15) is 6.10 Å². The van der Waals surface area contributed by atoms with Crippen molar-refractivity contribution in [2.24, 2.45) is 0 Å². The number of rotatable bonds is 8. The minimum Gasteiger partial charge on any atom is -0.371 e. The number of ether oxygens (including phenoxy) is 1. The molecule has 4 nitrogen and oxygen atoms in total. The molecule has 1 rings (SSSR count). The van der Waals surface area contributed by atoms with Crippen molar-refractivity contribution in [3.63, 3.8) is 0 Å². The van der Waals surface area contributed by atoms with Crippen LogP contribution in [0, 0.1) is 13.8 Å². The molecule has 0 amide bonds. The van der Waals surface area contributed by atoms with Crippen LogP contribution in [0.5, 0.6) is 0 Å².